The van der Waals surface area contributed by atoms with Crippen LogP contribution in [0.15, 0.2) is 0 Å². The van der Waals surface area contributed by atoms with Crippen molar-refractivity contribution in [1.29, 1.82) is 0 Å². The topological polar surface area (TPSA) is 145 Å². The number of carbonyl (C=O) groups excluding carboxylic acids is 3. The Labute approximate surface area is 194 Å². The fourth-order valence-corrected chi connectivity index (χ4v) is 2.22. The summed E-state index contributed by atoms with van der Waals surface area (Å²) >= 11 is 0. The molecule has 0 atom stereocenters. The number of rotatable bonds is 16. The van der Waals surface area contributed by atoms with Gasteiger partial charge in [0.05, 0.1) is 19.8 Å². The third-order valence-corrected chi connectivity index (χ3v) is 4.22. The lowest BCUT2D eigenvalue weighted by atomic mass is 10.4. The molecule has 33 heavy (non-hydrogen) atoms. The van der Waals surface area contributed by atoms with Crippen LogP contribution in [0.3, 0.4) is 0 Å². The number of aromatic nitrogens is 3. The van der Waals surface area contributed by atoms with E-state index in [9.17, 15) is 14.4 Å². The molecule has 0 fully saturated rings. The van der Waals surface area contributed by atoms with Crippen LogP contribution >= 0.6 is 0 Å². The summed E-state index contributed by atoms with van der Waals surface area (Å²) in [6.07, 6.45) is 4.35. The second-order valence-corrected chi connectivity index (χ2v) is 7.16. The molecule has 12 heteroatoms. The summed E-state index contributed by atoms with van der Waals surface area (Å²) in [5.41, 5.74) is 0. The Balaban J connectivity index is 2.86. The van der Waals surface area contributed by atoms with Crippen molar-refractivity contribution in [2.75, 3.05) is 55.5 Å². The molecular weight excluding hydrogens is 432 g/mol. The maximum absolute atomic E-state index is 12.3. The van der Waals surface area contributed by atoms with Crippen molar-refractivity contribution in [3.63, 3.8) is 0 Å². The van der Waals surface area contributed by atoms with Crippen molar-refractivity contribution in [3.05, 3.63) is 0 Å². The number of amides is 1. The molecule has 1 aromatic heterocycles. The average molecular weight is 469 g/mol. The second kappa shape index (κ2) is 16.5. The normalized spacial score (nSPS) is 10.3. The van der Waals surface area contributed by atoms with E-state index in [1.807, 2.05) is 20.8 Å². The highest BCUT2D eigenvalue weighted by atomic mass is 16.6. The van der Waals surface area contributed by atoms with Crippen molar-refractivity contribution in [1.82, 2.24) is 15.0 Å². The third kappa shape index (κ3) is 11.9. The first kappa shape index (κ1) is 27.9. The quantitative estimate of drug-likeness (QED) is 0.210. The van der Waals surface area contributed by atoms with E-state index in [1.165, 1.54) is 7.05 Å². The van der Waals surface area contributed by atoms with Gasteiger partial charge in [-0.05, 0) is 19.3 Å². The number of nitrogens with zero attached hydrogens (tertiary/aromatic N) is 4. The van der Waals surface area contributed by atoms with Crippen LogP contribution in [0, 0.1) is 0 Å². The molecule has 1 heterocycles. The van der Waals surface area contributed by atoms with Gasteiger partial charge < -0.3 is 24.8 Å². The van der Waals surface area contributed by atoms with E-state index in [-0.39, 0.29) is 37.5 Å². The predicted octanol–water partition coefficient (Wildman–Crippen LogP) is 2.75. The number of nitrogens with one attached hydrogen (secondary N) is 2. The van der Waals surface area contributed by atoms with E-state index in [2.05, 4.69) is 25.6 Å². The molecule has 0 bridgehead atoms. The van der Waals surface area contributed by atoms with Crippen molar-refractivity contribution in [3.8, 4) is 0 Å². The smallest absolute Gasteiger partial charge is 0.416 e. The highest BCUT2D eigenvalue weighted by Crippen LogP contribution is 2.14. The van der Waals surface area contributed by atoms with Gasteiger partial charge in [0, 0.05) is 7.05 Å². The van der Waals surface area contributed by atoms with Crippen LogP contribution in [-0.2, 0) is 23.8 Å². The maximum atomic E-state index is 12.3. The van der Waals surface area contributed by atoms with Crippen LogP contribution in [0.1, 0.15) is 59.3 Å². The number of hydrogen-bond donors (Lipinski definition) is 2. The Morgan fingerprint density at radius 2 is 1.15 bits per heavy atom. The van der Waals surface area contributed by atoms with E-state index in [4.69, 9.17) is 14.2 Å². The van der Waals surface area contributed by atoms with Gasteiger partial charge in [0.15, 0.2) is 0 Å². The number of hydrogen-bond acceptors (Lipinski definition) is 11. The molecule has 0 aliphatic carbocycles. The Bertz CT molecular complexity index is 704. The van der Waals surface area contributed by atoms with Gasteiger partial charge in [0.1, 0.15) is 13.1 Å². The third-order valence-electron chi connectivity index (χ3n) is 4.22. The molecule has 1 amide bonds. The van der Waals surface area contributed by atoms with Gasteiger partial charge in [0.2, 0.25) is 17.8 Å². The van der Waals surface area contributed by atoms with Crippen LogP contribution in [0.25, 0.3) is 0 Å². The lowest BCUT2D eigenvalue weighted by Gasteiger charge is -2.17. The van der Waals surface area contributed by atoms with Gasteiger partial charge in [-0.1, -0.05) is 40.0 Å². The van der Waals surface area contributed by atoms with E-state index in [0.29, 0.717) is 13.2 Å². The molecule has 0 unspecified atom stereocenters. The van der Waals surface area contributed by atoms with Gasteiger partial charge in [-0.25, -0.2) is 9.69 Å². The van der Waals surface area contributed by atoms with Gasteiger partial charge >= 0.3 is 18.0 Å². The minimum atomic E-state index is -0.635. The molecule has 12 nitrogen and oxygen atoms in total. The summed E-state index contributed by atoms with van der Waals surface area (Å²) in [5.74, 6) is -0.890. The molecule has 2 N–H and O–H groups in total. The van der Waals surface area contributed by atoms with Gasteiger partial charge in [-0.2, -0.15) is 15.0 Å². The molecule has 1 rings (SSSR count). The lowest BCUT2D eigenvalue weighted by molar-refractivity contribution is -0.142. The molecule has 0 spiro atoms. The van der Waals surface area contributed by atoms with Crippen LogP contribution in [0.2, 0.25) is 0 Å². The van der Waals surface area contributed by atoms with Crippen molar-refractivity contribution in [2.45, 2.75) is 59.3 Å². The Morgan fingerprint density at radius 3 is 1.58 bits per heavy atom. The fraction of sp³-hybridized carbons (Fsp3) is 0.714. The van der Waals surface area contributed by atoms with Crippen LogP contribution in [0.5, 0.6) is 0 Å². The van der Waals surface area contributed by atoms with E-state index >= 15 is 0 Å². The summed E-state index contributed by atoms with van der Waals surface area (Å²) in [6, 6.07) is 0. The summed E-state index contributed by atoms with van der Waals surface area (Å²) in [4.78, 5) is 49.6. The molecule has 0 radical (unpaired) electrons. The fourth-order valence-electron chi connectivity index (χ4n) is 2.22. The van der Waals surface area contributed by atoms with Crippen LogP contribution in [-0.4, -0.2) is 72.9 Å². The molecule has 0 saturated heterocycles. The zero-order valence-corrected chi connectivity index (χ0v) is 20.0. The van der Waals surface area contributed by atoms with Gasteiger partial charge in [0.25, 0.3) is 0 Å². The number of anilines is 3. The molecule has 186 valence electrons. The highest BCUT2D eigenvalue weighted by Gasteiger charge is 2.18. The van der Waals surface area contributed by atoms with Crippen LogP contribution in [0.4, 0.5) is 22.6 Å². The monoisotopic (exact) mass is 468 g/mol. The first-order chi connectivity index (χ1) is 15.9. The first-order valence-corrected chi connectivity index (χ1v) is 11.4. The molecule has 0 aliphatic heterocycles. The Hall–Kier alpha value is -3.18. The molecule has 0 aromatic carbocycles. The summed E-state index contributed by atoms with van der Waals surface area (Å²) in [5, 5.41) is 5.51. The van der Waals surface area contributed by atoms with Crippen molar-refractivity contribution >= 4 is 35.9 Å². The van der Waals surface area contributed by atoms with Gasteiger partial charge in [-0.15, -0.1) is 0 Å². The zero-order valence-electron chi connectivity index (χ0n) is 20.0. The summed E-state index contributed by atoms with van der Waals surface area (Å²) in [6.45, 7) is 6.57. The minimum Gasteiger partial charge on any atom is -0.464 e. The minimum absolute atomic E-state index is 0.0183. The molecule has 0 aliphatic rings. The molecule has 0 saturated carbocycles. The maximum Gasteiger partial charge on any atom is 0.416 e. The zero-order chi connectivity index (χ0) is 24.5. The number of ether oxygens (including phenoxy) is 3. The van der Waals surface area contributed by atoms with E-state index in [1.54, 1.807) is 0 Å². The number of carbonyl (C=O) groups is 3. The van der Waals surface area contributed by atoms with Crippen LogP contribution < -0.4 is 15.5 Å². The van der Waals surface area contributed by atoms with Crippen molar-refractivity contribution < 1.29 is 28.6 Å². The highest BCUT2D eigenvalue weighted by molar-refractivity contribution is 5.85. The largest absolute Gasteiger partial charge is 0.464 e. The Kier molecular flexibility index (Phi) is 13.9. The lowest BCUT2D eigenvalue weighted by Crippen LogP contribution is -2.30. The van der Waals surface area contributed by atoms with E-state index < -0.39 is 18.0 Å². The standard InChI is InChI=1S/C21H36N6O6/c1-5-8-11-31-16(28)14-22-18-24-19(23-15-17(29)32-12-9-6-2)26-20(25-18)27(4)21(30)33-13-10-7-3/h5-15H2,1-4H3,(H2,22,23,24,25,26). The predicted molar refractivity (Wildman–Crippen MR) is 123 cm³/mol. The SMILES string of the molecule is CCCCOC(=O)CNc1nc(NCC(=O)OCCCC)nc(N(C)C(=O)OCCCC)n1. The molecular formula is C21H36N6O6. The number of unbranched alkanes of at least 4 members (excludes halogenated alkanes) is 3. The molecule has 1 aromatic rings. The second-order valence-electron chi connectivity index (χ2n) is 7.16. The summed E-state index contributed by atoms with van der Waals surface area (Å²) in [7, 11) is 1.45. The first-order valence-electron chi connectivity index (χ1n) is 11.4. The van der Waals surface area contributed by atoms with E-state index in [0.717, 1.165) is 43.4 Å². The summed E-state index contributed by atoms with van der Waals surface area (Å²) < 4.78 is 15.4. The van der Waals surface area contributed by atoms with Gasteiger partial charge in [-0.3, -0.25) is 9.59 Å². The van der Waals surface area contributed by atoms with Crippen molar-refractivity contribution in [2.24, 2.45) is 0 Å². The average Bonchev–Trinajstić information content (AvgIpc) is 2.81. The Morgan fingerprint density at radius 1 is 0.727 bits per heavy atom. The number of esters is 2.